The van der Waals surface area contributed by atoms with E-state index < -0.39 is 42.0 Å². The number of likely N-dealkylation sites (tertiary alicyclic amines) is 4. The molecular formula is C93H99F2N19O11. The normalized spacial score (nSPS) is 19.2. The summed E-state index contributed by atoms with van der Waals surface area (Å²) in [7, 11) is 1.43. The molecule has 6 aromatic carbocycles. The molecule has 5 atom stereocenters. The summed E-state index contributed by atoms with van der Waals surface area (Å²) in [6.07, 6.45) is 5.99. The number of carbonyl (C=O) groups is 4. The number of piperazine rings is 1. The van der Waals surface area contributed by atoms with Gasteiger partial charge in [0.05, 0.1) is 68.3 Å². The summed E-state index contributed by atoms with van der Waals surface area (Å²) in [5.41, 5.74) is 10.9. The molecule has 0 spiro atoms. The number of carbonyl (C=O) groups excluding carboxylic acids is 4. The number of hydrogen-bond acceptors (Lipinski definition) is 26. The van der Waals surface area contributed by atoms with Gasteiger partial charge >= 0.3 is 0 Å². The number of nitriles is 4. The third kappa shape index (κ3) is 22.0. The molecule has 4 N–H and O–H groups in total. The van der Waals surface area contributed by atoms with Crippen LogP contribution < -0.4 is 35.1 Å². The summed E-state index contributed by atoms with van der Waals surface area (Å²) in [4.78, 5) is 84.4. The van der Waals surface area contributed by atoms with Crippen molar-refractivity contribution in [2.75, 3.05) is 146 Å². The summed E-state index contributed by atoms with van der Waals surface area (Å²) in [5, 5.41) is 58.2. The van der Waals surface area contributed by atoms with Crippen molar-refractivity contribution in [3.8, 4) is 75.7 Å². The summed E-state index contributed by atoms with van der Waals surface area (Å²) < 4.78 is 62.7. The van der Waals surface area contributed by atoms with Crippen molar-refractivity contribution in [1.29, 1.82) is 21.0 Å². The van der Waals surface area contributed by atoms with E-state index in [1.54, 1.807) is 84.2 Å². The van der Waals surface area contributed by atoms with Crippen LogP contribution in [0.5, 0.6) is 17.2 Å². The fourth-order valence-corrected chi connectivity index (χ4v) is 16.3. The number of alkyl halides is 2. The van der Waals surface area contributed by atoms with Gasteiger partial charge in [0.2, 0.25) is 18.7 Å². The Bertz CT molecular complexity index is 5480. The van der Waals surface area contributed by atoms with Crippen LogP contribution in [0, 0.1) is 64.6 Å². The lowest BCUT2D eigenvalue weighted by Gasteiger charge is -2.41. The number of rotatable bonds is 25. The largest absolute Gasteiger partial charge is 0.490 e. The van der Waals surface area contributed by atoms with E-state index in [0.717, 1.165) is 106 Å². The van der Waals surface area contributed by atoms with Crippen LogP contribution in [-0.4, -0.2) is 246 Å². The molecule has 30 nitrogen and oxygen atoms in total. The number of amides is 4. The summed E-state index contributed by atoms with van der Waals surface area (Å²) >= 11 is 0. The first-order valence-electron chi connectivity index (χ1n) is 42.0. The van der Waals surface area contributed by atoms with E-state index in [1.165, 1.54) is 53.4 Å². The second-order valence-electron chi connectivity index (χ2n) is 32.2. The highest BCUT2D eigenvalue weighted by atomic mass is 19.1. The van der Waals surface area contributed by atoms with Gasteiger partial charge in [-0.2, -0.15) is 21.0 Å². The van der Waals surface area contributed by atoms with Gasteiger partial charge in [0.1, 0.15) is 89.9 Å². The molecular weight excluding hydrogens is 1600 g/mol. The minimum atomic E-state index is -1.46. The quantitative estimate of drug-likeness (QED) is 0.0386. The van der Waals surface area contributed by atoms with Gasteiger partial charge in [-0.05, 0) is 209 Å². The number of anilines is 7. The Hall–Kier alpha value is -13.3. The van der Waals surface area contributed by atoms with Crippen molar-refractivity contribution in [3.05, 3.63) is 191 Å². The van der Waals surface area contributed by atoms with Gasteiger partial charge in [0.25, 0.3) is 5.91 Å². The predicted octanol–water partition coefficient (Wildman–Crippen LogP) is 11.7. The molecule has 0 aliphatic carbocycles. The lowest BCUT2D eigenvalue weighted by Crippen LogP contribution is -2.51. The molecule has 10 heterocycles. The Morgan fingerprint density at radius 1 is 0.560 bits per heavy atom. The molecule has 3 aromatic heterocycles. The number of piperidine rings is 4. The minimum absolute atomic E-state index is 0.0799. The number of aryl methyl sites for hydroxylation is 2. The molecule has 7 saturated heterocycles. The lowest BCUT2D eigenvalue weighted by atomic mass is 9.87. The monoisotopic (exact) mass is 1700 g/mol. The maximum atomic E-state index is 14.9. The van der Waals surface area contributed by atoms with Crippen LogP contribution in [-0.2, 0) is 33.4 Å². The van der Waals surface area contributed by atoms with Crippen LogP contribution >= 0.6 is 0 Å². The van der Waals surface area contributed by atoms with E-state index in [-0.39, 0.29) is 67.8 Å². The standard InChI is InChI=1S/C32H35FN6O4.C31H34FN7O4.C30H30N6O3/c1-21-15-25(4-5-26(21)22-8-12-38(20-40)13-9-22)36-30-7-11-35-32(37-30)23-3-6-28(24(16-23)17-34)43-29-10-14-39(18-27(29)33)31(41)19-42-2;1-20-15-24(4-5-26(20)38-13-11-37(19-40)12-14-38)35-29-7-9-34-30(36-29)22-3-6-27(23(16-22)17-33)43-28-8-10-39(18-25(28)32)31(42)21(2)41;31-14-24-13-23(3-6-27(24)39-20-30(17-32)18-38-19-30)29-33-10-7-28(35-29)34-25-4-1-21(2-5-25)22-8-11-36(12-9-22)26-15-37-16-26/h3-7,11,15-16,20,22,27,29H,8-10,12-14,18-19H2,1-2H3,(H,35,36,37);3-7,9,15-16,19,21,25,28,41H,8,10-14,18H2,1-2H3,(H,34,35,36);1-7,10,13,22,26H,8-9,11-12,15-16,18-20H2,(H,33,34,35)/t27-,29+;21-,25+,28-;/m10./s1. The van der Waals surface area contributed by atoms with Crippen molar-refractivity contribution >= 4 is 64.8 Å². The number of ether oxygens (including phenoxy) is 6. The summed E-state index contributed by atoms with van der Waals surface area (Å²) in [5.74, 6) is 4.39. The number of aromatic nitrogens is 6. The molecule has 0 unspecified atom stereocenters. The highest BCUT2D eigenvalue weighted by Crippen LogP contribution is 2.38. The first-order chi connectivity index (χ1) is 60.8. The molecule has 7 fully saturated rings. The highest BCUT2D eigenvalue weighted by Gasteiger charge is 2.41. The van der Waals surface area contributed by atoms with E-state index >= 15 is 0 Å². The van der Waals surface area contributed by atoms with Crippen LogP contribution in [0.25, 0.3) is 34.2 Å². The maximum absolute atomic E-state index is 14.9. The maximum Gasteiger partial charge on any atom is 0.251 e. The summed E-state index contributed by atoms with van der Waals surface area (Å²) in [6.45, 7) is 15.2. The van der Waals surface area contributed by atoms with Crippen LogP contribution in [0.3, 0.4) is 0 Å². The van der Waals surface area contributed by atoms with E-state index in [9.17, 15) is 54.1 Å². The Balaban J connectivity index is 0.000000153. The average Bonchev–Trinajstić information content (AvgIpc) is 0.805. The smallest absolute Gasteiger partial charge is 0.251 e. The van der Waals surface area contributed by atoms with Gasteiger partial charge in [0.15, 0.2) is 29.8 Å². The first-order valence-corrected chi connectivity index (χ1v) is 42.0. The number of methoxy groups -OCH3 is 1. The van der Waals surface area contributed by atoms with Gasteiger partial charge in [-0.15, -0.1) is 0 Å². The molecule has 646 valence electrons. The Kier molecular flexibility index (Phi) is 29.0. The molecule has 0 bridgehead atoms. The average molecular weight is 1700 g/mol. The van der Waals surface area contributed by atoms with E-state index in [0.29, 0.717) is 120 Å². The fraction of sp³-hybridized carbons (Fsp3) is 0.398. The van der Waals surface area contributed by atoms with Crippen LogP contribution in [0.1, 0.15) is 96.2 Å². The molecule has 32 heteroatoms. The van der Waals surface area contributed by atoms with Gasteiger partial charge in [-0.3, -0.25) is 24.1 Å². The van der Waals surface area contributed by atoms with Crippen LogP contribution in [0.4, 0.5) is 49.0 Å². The summed E-state index contributed by atoms with van der Waals surface area (Å²) in [6, 6.07) is 50.8. The van der Waals surface area contributed by atoms with Crippen molar-refractivity contribution < 1.29 is 61.5 Å². The number of halogens is 2. The third-order valence-electron chi connectivity index (χ3n) is 23.6. The molecule has 0 saturated carbocycles. The van der Waals surface area contributed by atoms with E-state index in [4.69, 9.17) is 28.4 Å². The molecule has 7 aliphatic heterocycles. The van der Waals surface area contributed by atoms with Crippen LogP contribution in [0.2, 0.25) is 0 Å². The van der Waals surface area contributed by atoms with Crippen molar-refractivity contribution in [2.45, 2.75) is 108 Å². The molecule has 4 amide bonds. The van der Waals surface area contributed by atoms with E-state index in [1.807, 2.05) is 35.2 Å². The van der Waals surface area contributed by atoms with Crippen LogP contribution in [0.15, 0.2) is 152 Å². The van der Waals surface area contributed by atoms with Gasteiger partial charge in [-0.25, -0.2) is 38.7 Å². The number of benzene rings is 6. The first kappa shape index (κ1) is 88.0. The zero-order valence-electron chi connectivity index (χ0n) is 70.1. The minimum Gasteiger partial charge on any atom is -0.490 e. The second kappa shape index (κ2) is 41.2. The Labute approximate surface area is 724 Å². The third-order valence-corrected chi connectivity index (χ3v) is 23.6. The van der Waals surface area contributed by atoms with Gasteiger partial charge < -0.3 is 74.0 Å². The Morgan fingerprint density at radius 3 is 1.50 bits per heavy atom. The second-order valence-corrected chi connectivity index (χ2v) is 32.2. The molecule has 0 radical (unpaired) electrons. The van der Waals surface area contributed by atoms with Crippen molar-refractivity contribution in [1.82, 2.24) is 54.4 Å². The van der Waals surface area contributed by atoms with Crippen molar-refractivity contribution in [3.63, 3.8) is 0 Å². The molecule has 125 heavy (non-hydrogen) atoms. The predicted molar refractivity (Wildman–Crippen MR) is 462 cm³/mol. The zero-order valence-corrected chi connectivity index (χ0v) is 70.1. The van der Waals surface area contributed by atoms with Gasteiger partial charge in [-0.1, -0.05) is 18.2 Å². The highest BCUT2D eigenvalue weighted by molar-refractivity contribution is 5.80. The Morgan fingerprint density at radius 2 is 1.04 bits per heavy atom. The van der Waals surface area contributed by atoms with Gasteiger partial charge in [0, 0.05) is 130 Å². The number of nitrogens with one attached hydrogen (secondary N) is 3. The molecule has 9 aromatic rings. The number of hydrogen-bond donors (Lipinski definition) is 4. The molecule has 16 rings (SSSR count). The SMILES string of the molecule is COCC(=O)N1CC[C@H](Oc2ccc(-c3nccc(Nc4ccc(C5CCN(C=O)CC5)c(C)c4)n3)cc2C#N)[C@H](F)C1.Cc1cc(Nc2ccnc(-c3ccc(O[C@H]4CCN(C(=O)[C@H](C)O)C[C@H]4F)c(C#N)c3)n2)ccc1N1CCN(C=O)CC1.N#Cc1cc(-c2nccc(Nc3ccc(C4CCN(C5COC5)CC4)cc3)n2)ccc1OCC1(C#N)COC1. The molecule has 7 aliphatic rings. The van der Waals surface area contributed by atoms with E-state index in [2.05, 4.69) is 136 Å². The number of nitrogens with zero attached hydrogens (tertiary/aromatic N) is 16. The number of aliphatic hydroxyl groups excluding tert-OH is 1. The topological polar surface area (TPSA) is 372 Å². The lowest BCUT2D eigenvalue weighted by molar-refractivity contribution is -0.143. The van der Waals surface area contributed by atoms with Crippen molar-refractivity contribution in [2.24, 2.45) is 5.41 Å². The zero-order chi connectivity index (χ0) is 87.5. The number of aliphatic hydroxyl groups is 1. The fourth-order valence-electron chi connectivity index (χ4n) is 16.3.